The van der Waals surface area contributed by atoms with E-state index in [-0.39, 0.29) is 12.5 Å². The Kier molecular flexibility index (Phi) is 4.44. The molecule has 0 saturated carbocycles. The van der Waals surface area contributed by atoms with E-state index in [1.165, 1.54) is 0 Å². The summed E-state index contributed by atoms with van der Waals surface area (Å²) in [5, 5.41) is 10.0. The highest BCUT2D eigenvalue weighted by atomic mass is 16.5. The molecule has 6 heteroatoms. The molecule has 142 valence electrons. The number of fused-ring (bicyclic) bond motifs is 3. The van der Waals surface area contributed by atoms with E-state index in [0.29, 0.717) is 25.4 Å². The van der Waals surface area contributed by atoms with Crippen molar-refractivity contribution in [2.24, 2.45) is 5.41 Å². The number of carbonyl (C=O) groups is 1. The van der Waals surface area contributed by atoms with Crippen molar-refractivity contribution in [1.29, 1.82) is 0 Å². The molecule has 1 saturated heterocycles. The first kappa shape index (κ1) is 17.7. The Morgan fingerprint density at radius 3 is 2.56 bits per heavy atom. The highest BCUT2D eigenvalue weighted by Crippen LogP contribution is 2.50. The second kappa shape index (κ2) is 6.78. The van der Waals surface area contributed by atoms with Gasteiger partial charge < -0.3 is 19.3 Å². The molecule has 6 nitrogen and oxygen atoms in total. The summed E-state index contributed by atoms with van der Waals surface area (Å²) in [5.41, 5.74) is 1.15. The number of methoxy groups -OCH3 is 2. The van der Waals surface area contributed by atoms with Gasteiger partial charge >= 0.3 is 5.97 Å². The average Bonchev–Trinajstić information content (AvgIpc) is 3.08. The number of rotatable bonds is 5. The SMILES string of the molecule is COc1ccc(CN2CC3c4ccc(OC)cc4OC[C@]3(C(=O)O)C2)cc1. The van der Waals surface area contributed by atoms with E-state index in [4.69, 9.17) is 14.2 Å². The number of carboxylic acid groups (broad SMARTS) is 1. The third kappa shape index (κ3) is 3.00. The third-order valence-electron chi connectivity index (χ3n) is 5.69. The zero-order valence-corrected chi connectivity index (χ0v) is 15.5. The molecule has 27 heavy (non-hydrogen) atoms. The molecule has 2 aromatic rings. The van der Waals surface area contributed by atoms with E-state index in [1.54, 1.807) is 14.2 Å². The van der Waals surface area contributed by atoms with Gasteiger partial charge in [-0.15, -0.1) is 0 Å². The molecular formula is C21H23NO5. The van der Waals surface area contributed by atoms with Gasteiger partial charge in [-0.25, -0.2) is 0 Å². The Bertz CT molecular complexity index is 850. The number of aliphatic carboxylic acids is 1. The van der Waals surface area contributed by atoms with Crippen LogP contribution in [0.4, 0.5) is 0 Å². The maximum atomic E-state index is 12.2. The van der Waals surface area contributed by atoms with Crippen LogP contribution >= 0.6 is 0 Å². The fraction of sp³-hybridized carbons (Fsp3) is 0.381. The number of hydrogen-bond donors (Lipinski definition) is 1. The third-order valence-corrected chi connectivity index (χ3v) is 5.69. The Labute approximate surface area is 158 Å². The number of carboxylic acids is 1. The van der Waals surface area contributed by atoms with Crippen molar-refractivity contribution in [2.75, 3.05) is 33.9 Å². The molecule has 0 spiro atoms. The van der Waals surface area contributed by atoms with Gasteiger partial charge in [-0.2, -0.15) is 0 Å². The lowest BCUT2D eigenvalue weighted by Crippen LogP contribution is -2.45. The number of ether oxygens (including phenoxy) is 3. The first-order valence-electron chi connectivity index (χ1n) is 8.95. The fourth-order valence-electron chi connectivity index (χ4n) is 4.20. The fourth-order valence-corrected chi connectivity index (χ4v) is 4.20. The average molecular weight is 369 g/mol. The summed E-state index contributed by atoms with van der Waals surface area (Å²) in [4.78, 5) is 14.4. The zero-order valence-electron chi connectivity index (χ0n) is 15.5. The molecule has 0 bridgehead atoms. The molecule has 2 atom stereocenters. The van der Waals surface area contributed by atoms with Crippen LogP contribution < -0.4 is 14.2 Å². The van der Waals surface area contributed by atoms with Gasteiger partial charge in [-0.05, 0) is 23.8 Å². The summed E-state index contributed by atoms with van der Waals surface area (Å²) in [6, 6.07) is 13.5. The molecule has 2 aliphatic heterocycles. The molecular weight excluding hydrogens is 346 g/mol. The van der Waals surface area contributed by atoms with Crippen molar-refractivity contribution < 1.29 is 24.1 Å². The van der Waals surface area contributed by atoms with Gasteiger partial charge in [-0.1, -0.05) is 18.2 Å². The van der Waals surface area contributed by atoms with E-state index in [1.807, 2.05) is 42.5 Å². The standard InChI is InChI=1S/C21H23NO5/c1-25-15-5-3-14(4-6-15)10-22-11-18-17-8-7-16(26-2)9-19(17)27-13-21(18,12-22)20(23)24/h3-9,18H,10-13H2,1-2H3,(H,23,24)/t18?,21-/m1/s1. The van der Waals surface area contributed by atoms with Crippen molar-refractivity contribution in [1.82, 2.24) is 4.90 Å². The predicted molar refractivity (Wildman–Crippen MR) is 99.6 cm³/mol. The van der Waals surface area contributed by atoms with Crippen LogP contribution in [0, 0.1) is 5.41 Å². The Balaban J connectivity index is 1.61. The minimum atomic E-state index is -0.923. The minimum absolute atomic E-state index is 0.108. The van der Waals surface area contributed by atoms with Gasteiger partial charge in [0.05, 0.1) is 14.2 Å². The molecule has 2 aromatic carbocycles. The van der Waals surface area contributed by atoms with Crippen LogP contribution in [0.25, 0.3) is 0 Å². The topological polar surface area (TPSA) is 68.2 Å². The summed E-state index contributed by atoms with van der Waals surface area (Å²) in [6.07, 6.45) is 0. The predicted octanol–water partition coefficient (Wildman–Crippen LogP) is 2.77. The molecule has 0 amide bonds. The van der Waals surface area contributed by atoms with Gasteiger partial charge in [0.2, 0.25) is 0 Å². The molecule has 2 aliphatic rings. The van der Waals surface area contributed by atoms with Crippen LogP contribution in [-0.2, 0) is 11.3 Å². The Morgan fingerprint density at radius 2 is 1.89 bits per heavy atom. The molecule has 2 heterocycles. The summed E-state index contributed by atoms with van der Waals surface area (Å²) >= 11 is 0. The first-order chi connectivity index (χ1) is 13.1. The Hall–Kier alpha value is -2.73. The minimum Gasteiger partial charge on any atom is -0.497 e. The van der Waals surface area contributed by atoms with Gasteiger partial charge in [0.25, 0.3) is 0 Å². The maximum Gasteiger partial charge on any atom is 0.315 e. The van der Waals surface area contributed by atoms with E-state index in [0.717, 1.165) is 22.6 Å². The summed E-state index contributed by atoms with van der Waals surface area (Å²) in [6.45, 7) is 2.01. The van der Waals surface area contributed by atoms with Gasteiger partial charge in [0.1, 0.15) is 29.3 Å². The van der Waals surface area contributed by atoms with Crippen LogP contribution in [0.15, 0.2) is 42.5 Å². The molecule has 1 unspecified atom stereocenters. The lowest BCUT2D eigenvalue weighted by molar-refractivity contribution is -0.151. The van der Waals surface area contributed by atoms with Gasteiger partial charge in [0, 0.05) is 37.2 Å². The van der Waals surface area contributed by atoms with Crippen molar-refractivity contribution in [3.63, 3.8) is 0 Å². The largest absolute Gasteiger partial charge is 0.497 e. The molecule has 0 aromatic heterocycles. The highest BCUT2D eigenvalue weighted by molar-refractivity contribution is 5.78. The van der Waals surface area contributed by atoms with Crippen molar-refractivity contribution in [3.8, 4) is 17.2 Å². The van der Waals surface area contributed by atoms with Crippen LogP contribution in [0.3, 0.4) is 0 Å². The maximum absolute atomic E-state index is 12.2. The lowest BCUT2D eigenvalue weighted by atomic mass is 9.73. The number of benzene rings is 2. The second-order valence-electron chi connectivity index (χ2n) is 7.22. The molecule has 0 radical (unpaired) electrons. The molecule has 0 aliphatic carbocycles. The smallest absolute Gasteiger partial charge is 0.315 e. The highest BCUT2D eigenvalue weighted by Gasteiger charge is 2.56. The summed E-state index contributed by atoms with van der Waals surface area (Å²) < 4.78 is 16.3. The van der Waals surface area contributed by atoms with Crippen LogP contribution in [0.2, 0.25) is 0 Å². The number of likely N-dealkylation sites (tertiary alicyclic amines) is 1. The zero-order chi connectivity index (χ0) is 19.0. The molecule has 1 fully saturated rings. The van der Waals surface area contributed by atoms with Crippen LogP contribution in [0.5, 0.6) is 17.2 Å². The van der Waals surface area contributed by atoms with Crippen molar-refractivity contribution in [2.45, 2.75) is 12.5 Å². The van der Waals surface area contributed by atoms with Gasteiger partial charge in [0.15, 0.2) is 0 Å². The number of nitrogens with zero attached hydrogens (tertiary/aromatic N) is 1. The van der Waals surface area contributed by atoms with Crippen molar-refractivity contribution in [3.05, 3.63) is 53.6 Å². The molecule has 1 N–H and O–H groups in total. The normalized spacial score (nSPS) is 23.9. The van der Waals surface area contributed by atoms with Crippen LogP contribution in [0.1, 0.15) is 17.0 Å². The quantitative estimate of drug-likeness (QED) is 0.874. The van der Waals surface area contributed by atoms with E-state index >= 15 is 0 Å². The summed E-state index contributed by atoms with van der Waals surface area (Å²) in [5.74, 6) is 1.34. The van der Waals surface area contributed by atoms with Crippen LogP contribution in [-0.4, -0.2) is 49.9 Å². The van der Waals surface area contributed by atoms with Crippen molar-refractivity contribution >= 4 is 5.97 Å². The second-order valence-corrected chi connectivity index (χ2v) is 7.22. The Morgan fingerprint density at radius 1 is 1.19 bits per heavy atom. The lowest BCUT2D eigenvalue weighted by Gasteiger charge is -2.36. The summed E-state index contributed by atoms with van der Waals surface area (Å²) in [7, 11) is 3.25. The number of hydrogen-bond acceptors (Lipinski definition) is 5. The van der Waals surface area contributed by atoms with E-state index in [9.17, 15) is 9.90 Å². The van der Waals surface area contributed by atoms with E-state index < -0.39 is 11.4 Å². The molecule has 4 rings (SSSR count). The monoisotopic (exact) mass is 369 g/mol. The first-order valence-corrected chi connectivity index (χ1v) is 8.95. The van der Waals surface area contributed by atoms with Gasteiger partial charge in [-0.3, -0.25) is 9.69 Å². The van der Waals surface area contributed by atoms with E-state index in [2.05, 4.69) is 4.90 Å².